The van der Waals surface area contributed by atoms with Gasteiger partial charge in [0.25, 0.3) is 0 Å². The van der Waals surface area contributed by atoms with E-state index in [1.807, 2.05) is 42.5 Å². The van der Waals surface area contributed by atoms with Crippen molar-refractivity contribution >= 4 is 46.5 Å². The summed E-state index contributed by atoms with van der Waals surface area (Å²) >= 11 is 14.2. The summed E-state index contributed by atoms with van der Waals surface area (Å²) < 4.78 is 17.6. The lowest BCUT2D eigenvalue weighted by Gasteiger charge is -2.20. The van der Waals surface area contributed by atoms with Gasteiger partial charge in [-0.1, -0.05) is 59.6 Å². The predicted octanol–water partition coefficient (Wildman–Crippen LogP) is 6.00. The zero-order valence-corrected chi connectivity index (χ0v) is 29.1. The third kappa shape index (κ3) is 8.40. The number of ether oxygens (including phenoxy) is 3. The van der Waals surface area contributed by atoms with E-state index in [0.717, 1.165) is 46.7 Å². The first kappa shape index (κ1) is 35.4. The van der Waals surface area contributed by atoms with Crippen LogP contribution >= 0.6 is 34.5 Å². The second-order valence-corrected chi connectivity index (χ2v) is 13.7. The van der Waals surface area contributed by atoms with Crippen molar-refractivity contribution in [2.75, 3.05) is 41.0 Å². The van der Waals surface area contributed by atoms with E-state index >= 15 is 0 Å². The number of pyridine rings is 1. The van der Waals surface area contributed by atoms with Crippen LogP contribution in [0.3, 0.4) is 0 Å². The Bertz CT molecular complexity index is 1730. The van der Waals surface area contributed by atoms with Gasteiger partial charge in [0.05, 0.1) is 20.8 Å². The zero-order chi connectivity index (χ0) is 34.4. The summed E-state index contributed by atoms with van der Waals surface area (Å²) in [5, 5.41) is 24.1. The fraction of sp³-hybridized carbons (Fsp3) is 0.343. The number of halogens is 2. The van der Waals surface area contributed by atoms with Crippen LogP contribution in [-0.4, -0.2) is 68.1 Å². The third-order valence-electron chi connectivity index (χ3n) is 8.47. The summed E-state index contributed by atoms with van der Waals surface area (Å²) in [5.41, 5.74) is 2.56. The molecule has 2 aromatic heterocycles. The number of aromatic carboxylic acids is 1. The molecule has 4 aromatic rings. The van der Waals surface area contributed by atoms with E-state index in [2.05, 4.69) is 17.3 Å². The van der Waals surface area contributed by atoms with Crippen molar-refractivity contribution in [3.05, 3.63) is 109 Å². The molecule has 10 nitrogen and oxygen atoms in total. The van der Waals surface area contributed by atoms with Crippen LogP contribution in [-0.2, 0) is 22.5 Å². The van der Waals surface area contributed by atoms with E-state index in [-0.39, 0.29) is 39.8 Å². The Kier molecular flexibility index (Phi) is 11.8. The van der Waals surface area contributed by atoms with Crippen molar-refractivity contribution in [1.29, 1.82) is 0 Å². The number of carbonyl (C=O) groups excluding carboxylic acids is 1. The normalized spacial score (nSPS) is 16.0. The number of aromatic nitrogens is 1. The van der Waals surface area contributed by atoms with Gasteiger partial charge in [-0.05, 0) is 61.3 Å². The minimum Gasteiger partial charge on any atom is -0.493 e. The number of carboxylic acid groups (broad SMARTS) is 1. The van der Waals surface area contributed by atoms with Crippen molar-refractivity contribution in [3.8, 4) is 11.5 Å². The molecule has 2 aromatic carbocycles. The van der Waals surface area contributed by atoms with Crippen molar-refractivity contribution < 1.29 is 38.8 Å². The van der Waals surface area contributed by atoms with Gasteiger partial charge in [-0.25, -0.2) is 9.59 Å². The number of carbonyl (C=O) groups is 2. The molecular weight excluding hydrogens is 677 g/mol. The maximum Gasteiger partial charge on any atom is 0.346 e. The molecule has 3 atom stereocenters. The number of carboxylic acids is 1. The lowest BCUT2D eigenvalue weighted by molar-refractivity contribution is -0.904. The number of hydrogen-bond donors (Lipinski definition) is 3. The number of nitrogens with zero attached hydrogens (tertiary/aromatic N) is 2. The first-order chi connectivity index (χ1) is 23.1. The van der Waals surface area contributed by atoms with E-state index < -0.39 is 17.9 Å². The number of hydrogen-bond acceptors (Lipinski definition) is 9. The molecular formula is C35H38Cl2N3O7S+. The third-order valence-corrected chi connectivity index (χ3v) is 10.3. The number of benzene rings is 2. The molecule has 0 aliphatic carbocycles. The Morgan fingerprint density at radius 3 is 2.38 bits per heavy atom. The lowest BCUT2D eigenvalue weighted by atomic mass is 9.85. The molecule has 3 heterocycles. The molecule has 1 aliphatic heterocycles. The van der Waals surface area contributed by atoms with Crippen LogP contribution in [0.25, 0.3) is 0 Å². The minimum absolute atomic E-state index is 0.135. The van der Waals surface area contributed by atoms with Crippen molar-refractivity contribution in [2.45, 2.75) is 31.3 Å². The Morgan fingerprint density at radius 2 is 1.75 bits per heavy atom. The van der Waals surface area contributed by atoms with Gasteiger partial charge in [-0.3, -0.25) is 10.5 Å². The Morgan fingerprint density at radius 1 is 1.04 bits per heavy atom. The van der Waals surface area contributed by atoms with E-state index in [1.54, 1.807) is 12.1 Å². The molecule has 0 amide bonds. The molecule has 3 N–H and O–H groups in total. The summed E-state index contributed by atoms with van der Waals surface area (Å²) in [6.45, 7) is 2.41. The number of rotatable bonds is 14. The summed E-state index contributed by atoms with van der Waals surface area (Å²) in [5.74, 6) is -0.735. The highest BCUT2D eigenvalue weighted by atomic mass is 35.5. The summed E-state index contributed by atoms with van der Waals surface area (Å²) in [4.78, 5) is 29.2. The van der Waals surface area contributed by atoms with Crippen LogP contribution in [0.4, 0.5) is 0 Å². The van der Waals surface area contributed by atoms with E-state index in [1.165, 1.54) is 26.6 Å². The fourth-order valence-electron chi connectivity index (χ4n) is 6.02. The highest BCUT2D eigenvalue weighted by Crippen LogP contribution is 2.41. The quantitative estimate of drug-likeness (QED) is 0.0821. The maximum atomic E-state index is 13.4. The van der Waals surface area contributed by atoms with Crippen LogP contribution in [0.15, 0.2) is 67.0 Å². The van der Waals surface area contributed by atoms with Gasteiger partial charge >= 0.3 is 11.9 Å². The smallest absolute Gasteiger partial charge is 0.346 e. The highest BCUT2D eigenvalue weighted by Gasteiger charge is 2.30. The van der Waals surface area contributed by atoms with Crippen molar-refractivity contribution in [2.24, 2.45) is 5.92 Å². The number of thiophene rings is 1. The van der Waals surface area contributed by atoms with Crippen LogP contribution in [0.2, 0.25) is 10.0 Å². The van der Waals surface area contributed by atoms with Crippen LogP contribution in [0.1, 0.15) is 55.2 Å². The van der Waals surface area contributed by atoms with Gasteiger partial charge in [0, 0.05) is 40.1 Å². The number of likely N-dealkylation sites (tertiary alicyclic amines) is 1. The standard InChI is InChI=1S/C35H37Cl2N3O7S/c1-39-12-11-21(17-39)20-47-35(43)32(22-7-5-4-6-8-22)38-16-24-14-26(33(48-24)34(41)42)25(15-27-28(36)18-40(44)19-29(27)37)23-9-10-30(45-2)31(13-23)46-3/h4-10,13-14,18-19,21,25,32,38H,11-12,15-17,20H2,1-3H3,(H-,41,42,44)/p+1/t21-,25-,32?/m0/s1. The minimum atomic E-state index is -1.09. The van der Waals surface area contributed by atoms with E-state index in [4.69, 9.17) is 37.4 Å². The van der Waals surface area contributed by atoms with Crippen molar-refractivity contribution in [1.82, 2.24) is 10.2 Å². The Hall–Kier alpha value is -3.87. The van der Waals surface area contributed by atoms with Gasteiger partial charge in [-0.15, -0.1) is 11.3 Å². The van der Waals surface area contributed by atoms with E-state index in [9.17, 15) is 19.9 Å². The van der Waals surface area contributed by atoms with Gasteiger partial charge in [-0.2, -0.15) is 0 Å². The second-order valence-electron chi connectivity index (χ2n) is 11.8. The molecule has 13 heteroatoms. The van der Waals surface area contributed by atoms with Crippen LogP contribution in [0.5, 0.6) is 11.5 Å². The molecule has 0 bridgehead atoms. The van der Waals surface area contributed by atoms with Crippen LogP contribution in [0, 0.1) is 5.92 Å². The molecule has 1 aliphatic rings. The summed E-state index contributed by atoms with van der Waals surface area (Å²) in [6, 6.07) is 15.8. The topological polar surface area (TPSA) is 121 Å². The molecule has 0 spiro atoms. The fourth-order valence-corrected chi connectivity index (χ4v) is 7.63. The van der Waals surface area contributed by atoms with Gasteiger partial charge in [0.2, 0.25) is 12.4 Å². The van der Waals surface area contributed by atoms with E-state index in [0.29, 0.717) is 34.1 Å². The highest BCUT2D eigenvalue weighted by molar-refractivity contribution is 7.14. The predicted molar refractivity (Wildman–Crippen MR) is 183 cm³/mol. The molecule has 0 saturated carbocycles. The number of nitrogens with one attached hydrogen (secondary N) is 1. The molecule has 0 radical (unpaired) electrons. The van der Waals surface area contributed by atoms with Gasteiger partial charge in [0.1, 0.15) is 21.0 Å². The summed E-state index contributed by atoms with van der Waals surface area (Å²) in [7, 11) is 5.12. The van der Waals surface area contributed by atoms with Crippen molar-refractivity contribution in [3.63, 3.8) is 0 Å². The first-order valence-electron chi connectivity index (χ1n) is 15.4. The molecule has 5 rings (SSSR count). The molecule has 48 heavy (non-hydrogen) atoms. The lowest BCUT2D eigenvalue weighted by Crippen LogP contribution is -2.31. The average Bonchev–Trinajstić information content (AvgIpc) is 3.69. The molecule has 1 unspecified atom stereocenters. The maximum absolute atomic E-state index is 13.4. The SMILES string of the molecule is COc1ccc([C@H](Cc2c(Cl)c[n+](O)cc2Cl)c2cc(CNC(C(=O)OC[C@H]3CCN(C)C3)c3ccccc3)sc2C(=O)O)cc1OC. The largest absolute Gasteiger partial charge is 0.493 e. The van der Waals surface area contributed by atoms with Gasteiger partial charge < -0.3 is 24.2 Å². The zero-order valence-electron chi connectivity index (χ0n) is 26.8. The Balaban J connectivity index is 1.47. The summed E-state index contributed by atoms with van der Waals surface area (Å²) in [6.07, 6.45) is 3.84. The number of methoxy groups -OCH3 is 2. The average molecular weight is 716 g/mol. The molecule has 254 valence electrons. The molecule has 1 saturated heterocycles. The Labute approximate surface area is 293 Å². The van der Waals surface area contributed by atoms with Gasteiger partial charge in [0.15, 0.2) is 11.5 Å². The first-order valence-corrected chi connectivity index (χ1v) is 16.9. The second kappa shape index (κ2) is 16.0. The van der Waals surface area contributed by atoms with Crippen LogP contribution < -0.4 is 19.5 Å². The number of esters is 1. The monoisotopic (exact) mass is 714 g/mol. The molecule has 1 fully saturated rings.